The number of anilines is 1. The lowest BCUT2D eigenvalue weighted by Gasteiger charge is -2.34. The van der Waals surface area contributed by atoms with Crippen molar-refractivity contribution in [3.05, 3.63) is 52.5 Å². The van der Waals surface area contributed by atoms with Crippen LogP contribution in [0.25, 0.3) is 11.0 Å². The predicted molar refractivity (Wildman–Crippen MR) is 108 cm³/mol. The fourth-order valence-corrected chi connectivity index (χ4v) is 5.30. The van der Waals surface area contributed by atoms with Gasteiger partial charge in [0, 0.05) is 31.2 Å². The number of fused-ring (bicyclic) bond motifs is 1. The zero-order valence-corrected chi connectivity index (χ0v) is 16.8. The van der Waals surface area contributed by atoms with Crippen LogP contribution in [-0.2, 0) is 10.0 Å². The normalized spacial score (nSPS) is 16.2. The molecule has 1 saturated heterocycles. The number of H-pyrrole nitrogens is 1. The molecule has 1 aromatic heterocycles. The molecule has 0 saturated carbocycles. The average molecular weight is 405 g/mol. The molecule has 0 amide bonds. The van der Waals surface area contributed by atoms with Gasteiger partial charge in [0.25, 0.3) is 0 Å². The van der Waals surface area contributed by atoms with E-state index in [2.05, 4.69) is 20.9 Å². The Morgan fingerprint density at radius 3 is 2.52 bits per heavy atom. The first kappa shape index (κ1) is 18.3. The minimum atomic E-state index is -3.56. The number of aromatic amines is 1. The van der Waals surface area contributed by atoms with Gasteiger partial charge in [0.05, 0.1) is 15.9 Å². The summed E-state index contributed by atoms with van der Waals surface area (Å²) in [6.45, 7) is 5.81. The van der Waals surface area contributed by atoms with Crippen molar-refractivity contribution < 1.29 is 8.42 Å². The largest absolute Gasteiger partial charge is 0.340 e. The van der Waals surface area contributed by atoms with Gasteiger partial charge in [0.2, 0.25) is 16.0 Å². The van der Waals surface area contributed by atoms with E-state index in [1.165, 1.54) is 15.9 Å². The van der Waals surface area contributed by atoms with E-state index in [9.17, 15) is 8.42 Å². The summed E-state index contributed by atoms with van der Waals surface area (Å²) in [6, 6.07) is 11.1. The van der Waals surface area contributed by atoms with E-state index in [4.69, 9.17) is 11.6 Å². The van der Waals surface area contributed by atoms with Crippen LogP contribution in [0.2, 0.25) is 5.02 Å². The summed E-state index contributed by atoms with van der Waals surface area (Å²) < 4.78 is 27.5. The number of nitrogens with one attached hydrogen (secondary N) is 1. The molecule has 0 aliphatic carbocycles. The van der Waals surface area contributed by atoms with Crippen LogP contribution >= 0.6 is 11.6 Å². The number of benzene rings is 2. The van der Waals surface area contributed by atoms with E-state index in [1.54, 1.807) is 19.1 Å². The molecule has 1 aliphatic rings. The third kappa shape index (κ3) is 3.42. The SMILES string of the molecule is Cc1ccc2nc(N3CCN(S(=O)(=O)c4cc(Cl)ccc4C)CC3)[nH]c2c1. The lowest BCUT2D eigenvalue weighted by molar-refractivity contribution is 0.383. The Labute approximate surface area is 163 Å². The Balaban J connectivity index is 1.53. The van der Waals surface area contributed by atoms with E-state index < -0.39 is 10.0 Å². The fraction of sp³-hybridized carbons (Fsp3) is 0.316. The predicted octanol–water partition coefficient (Wildman–Crippen LogP) is 3.34. The Hall–Kier alpha value is -2.09. The van der Waals surface area contributed by atoms with Gasteiger partial charge in [0.1, 0.15) is 0 Å². The van der Waals surface area contributed by atoms with Gasteiger partial charge in [-0.15, -0.1) is 0 Å². The van der Waals surface area contributed by atoms with Crippen molar-refractivity contribution in [2.45, 2.75) is 18.7 Å². The van der Waals surface area contributed by atoms with E-state index in [1.807, 2.05) is 19.1 Å². The molecule has 4 rings (SSSR count). The molecule has 1 N–H and O–H groups in total. The molecule has 0 radical (unpaired) electrons. The second-order valence-corrected chi connectivity index (χ2v) is 9.22. The maximum absolute atomic E-state index is 13.0. The molecule has 0 atom stereocenters. The van der Waals surface area contributed by atoms with E-state index in [0.717, 1.165) is 17.0 Å². The highest BCUT2D eigenvalue weighted by atomic mass is 35.5. The lowest BCUT2D eigenvalue weighted by atomic mass is 10.2. The van der Waals surface area contributed by atoms with Crippen LogP contribution in [0.3, 0.4) is 0 Å². The molecular formula is C19H21ClN4O2S. The molecule has 1 aliphatic heterocycles. The molecule has 0 bridgehead atoms. The number of halogens is 1. The third-order valence-corrected chi connectivity index (χ3v) is 7.21. The Morgan fingerprint density at radius 2 is 1.78 bits per heavy atom. The number of nitrogens with zero attached hydrogens (tertiary/aromatic N) is 3. The minimum absolute atomic E-state index is 0.280. The van der Waals surface area contributed by atoms with Crippen molar-refractivity contribution in [2.24, 2.45) is 0 Å². The van der Waals surface area contributed by atoms with Crippen molar-refractivity contribution in [2.75, 3.05) is 31.1 Å². The first-order chi connectivity index (χ1) is 12.8. The Morgan fingerprint density at radius 1 is 1.04 bits per heavy atom. The van der Waals surface area contributed by atoms with Crippen LogP contribution in [0.1, 0.15) is 11.1 Å². The third-order valence-electron chi connectivity index (χ3n) is 4.93. The molecular weight excluding hydrogens is 384 g/mol. The van der Waals surface area contributed by atoms with Crippen LogP contribution in [0.5, 0.6) is 0 Å². The second kappa shape index (κ2) is 6.82. The summed E-state index contributed by atoms with van der Waals surface area (Å²) in [5.74, 6) is 0.784. The van der Waals surface area contributed by atoms with Gasteiger partial charge >= 0.3 is 0 Å². The summed E-state index contributed by atoms with van der Waals surface area (Å²) >= 11 is 6.01. The Kier molecular flexibility index (Phi) is 4.61. The molecule has 27 heavy (non-hydrogen) atoms. The first-order valence-electron chi connectivity index (χ1n) is 8.82. The maximum atomic E-state index is 13.0. The number of imidazole rings is 1. The molecule has 3 aromatic rings. The quantitative estimate of drug-likeness (QED) is 0.726. The summed E-state index contributed by atoms with van der Waals surface area (Å²) in [5.41, 5.74) is 3.79. The van der Waals surface area contributed by atoms with Crippen LogP contribution in [0.4, 0.5) is 5.95 Å². The Bertz CT molecular complexity index is 1100. The fourth-order valence-electron chi connectivity index (χ4n) is 3.39. The standard InChI is InChI=1S/C19H21ClN4O2S/c1-13-3-6-16-17(11-13)22-19(21-16)23-7-9-24(10-8-23)27(25,26)18-12-15(20)5-4-14(18)2/h3-6,11-12H,7-10H2,1-2H3,(H,21,22). The highest BCUT2D eigenvalue weighted by molar-refractivity contribution is 7.89. The van der Waals surface area contributed by atoms with Crippen LogP contribution in [-0.4, -0.2) is 48.9 Å². The number of rotatable bonds is 3. The molecule has 0 spiro atoms. The highest BCUT2D eigenvalue weighted by Crippen LogP contribution is 2.26. The summed E-state index contributed by atoms with van der Waals surface area (Å²) in [7, 11) is -3.56. The van der Waals surface area contributed by atoms with Crippen LogP contribution in [0.15, 0.2) is 41.3 Å². The molecule has 2 aromatic carbocycles. The summed E-state index contributed by atoms with van der Waals surface area (Å²) in [6.07, 6.45) is 0. The zero-order valence-electron chi connectivity index (χ0n) is 15.2. The van der Waals surface area contributed by atoms with Crippen molar-refractivity contribution in [3.8, 4) is 0 Å². The van der Waals surface area contributed by atoms with Gasteiger partial charge in [-0.25, -0.2) is 13.4 Å². The van der Waals surface area contributed by atoms with Crippen molar-refractivity contribution in [1.82, 2.24) is 14.3 Å². The summed E-state index contributed by atoms with van der Waals surface area (Å²) in [4.78, 5) is 10.3. The maximum Gasteiger partial charge on any atom is 0.243 e. The van der Waals surface area contributed by atoms with E-state index in [-0.39, 0.29) is 4.90 Å². The van der Waals surface area contributed by atoms with Crippen molar-refractivity contribution in [3.63, 3.8) is 0 Å². The number of aryl methyl sites for hydroxylation is 2. The smallest absolute Gasteiger partial charge is 0.243 e. The van der Waals surface area contributed by atoms with Crippen molar-refractivity contribution in [1.29, 1.82) is 0 Å². The number of sulfonamides is 1. The number of hydrogen-bond acceptors (Lipinski definition) is 4. The van der Waals surface area contributed by atoms with Gasteiger partial charge in [-0.2, -0.15) is 4.31 Å². The summed E-state index contributed by atoms with van der Waals surface area (Å²) in [5, 5.41) is 0.426. The van der Waals surface area contributed by atoms with Gasteiger partial charge in [-0.1, -0.05) is 23.7 Å². The first-order valence-corrected chi connectivity index (χ1v) is 10.6. The van der Waals surface area contributed by atoms with Gasteiger partial charge in [-0.05, 0) is 49.2 Å². The zero-order chi connectivity index (χ0) is 19.2. The van der Waals surface area contributed by atoms with Gasteiger partial charge < -0.3 is 9.88 Å². The lowest BCUT2D eigenvalue weighted by Crippen LogP contribution is -2.49. The topological polar surface area (TPSA) is 69.3 Å². The number of hydrogen-bond donors (Lipinski definition) is 1. The highest BCUT2D eigenvalue weighted by Gasteiger charge is 2.30. The molecule has 2 heterocycles. The number of piperazine rings is 1. The monoisotopic (exact) mass is 404 g/mol. The van der Waals surface area contributed by atoms with Crippen LogP contribution in [0, 0.1) is 13.8 Å². The van der Waals surface area contributed by atoms with E-state index >= 15 is 0 Å². The second-order valence-electron chi connectivity index (χ2n) is 6.88. The molecule has 142 valence electrons. The molecule has 8 heteroatoms. The van der Waals surface area contributed by atoms with E-state index in [0.29, 0.717) is 36.8 Å². The average Bonchev–Trinajstić information content (AvgIpc) is 3.07. The minimum Gasteiger partial charge on any atom is -0.340 e. The van der Waals surface area contributed by atoms with Gasteiger partial charge in [0.15, 0.2) is 0 Å². The molecule has 6 nitrogen and oxygen atoms in total. The van der Waals surface area contributed by atoms with Crippen molar-refractivity contribution >= 4 is 38.6 Å². The van der Waals surface area contributed by atoms with Gasteiger partial charge in [-0.3, -0.25) is 0 Å². The molecule has 1 fully saturated rings. The number of aromatic nitrogens is 2. The molecule has 0 unspecified atom stereocenters. The van der Waals surface area contributed by atoms with Crippen LogP contribution < -0.4 is 4.90 Å².